The lowest BCUT2D eigenvalue weighted by atomic mass is 9.94. The van der Waals surface area contributed by atoms with E-state index in [9.17, 15) is 8.78 Å². The molecule has 1 fully saturated rings. The van der Waals surface area contributed by atoms with Gasteiger partial charge in [0.05, 0.1) is 0 Å². The maximum Gasteiger partial charge on any atom is 0.264 e. The van der Waals surface area contributed by atoms with E-state index >= 15 is 0 Å². The first-order valence-electron chi connectivity index (χ1n) is 4.86. The normalized spacial score (nSPS) is 21.8. The van der Waals surface area contributed by atoms with E-state index in [1.54, 1.807) is 6.07 Å². The van der Waals surface area contributed by atoms with Crippen molar-refractivity contribution in [3.05, 3.63) is 35.4 Å². The lowest BCUT2D eigenvalue weighted by molar-refractivity contribution is 0.150. The molecule has 2 rings (SSSR count). The third kappa shape index (κ3) is 1.77. The third-order valence-electron chi connectivity index (χ3n) is 2.73. The van der Waals surface area contributed by atoms with Crippen LogP contribution in [0.15, 0.2) is 24.3 Å². The molecule has 1 aromatic carbocycles. The number of hydrogen-bond acceptors (Lipinski definition) is 1. The van der Waals surface area contributed by atoms with Crippen LogP contribution in [-0.4, -0.2) is 13.1 Å². The largest absolute Gasteiger partial charge is 0.316 e. The summed E-state index contributed by atoms with van der Waals surface area (Å²) in [6.45, 7) is 1.76. The summed E-state index contributed by atoms with van der Waals surface area (Å²) in [6, 6.07) is 6.85. The van der Waals surface area contributed by atoms with Crippen molar-refractivity contribution in [3.8, 4) is 0 Å². The van der Waals surface area contributed by atoms with Crippen LogP contribution in [0.3, 0.4) is 0 Å². The highest BCUT2D eigenvalue weighted by molar-refractivity contribution is 5.32. The van der Waals surface area contributed by atoms with Crippen molar-refractivity contribution >= 4 is 0 Å². The zero-order chi connectivity index (χ0) is 9.97. The number of rotatable bonds is 2. The quantitative estimate of drug-likeness (QED) is 0.768. The number of hydrogen-bond donors (Lipinski definition) is 1. The van der Waals surface area contributed by atoms with Gasteiger partial charge in [0.2, 0.25) is 0 Å². The van der Waals surface area contributed by atoms with Gasteiger partial charge in [0.1, 0.15) is 0 Å². The Morgan fingerprint density at radius 2 is 2.07 bits per heavy atom. The lowest BCUT2D eigenvalue weighted by Gasteiger charge is -2.13. The molecule has 1 N–H and O–H groups in total. The highest BCUT2D eigenvalue weighted by Gasteiger charge is 2.22. The second-order valence-electron chi connectivity index (χ2n) is 3.62. The fraction of sp³-hybridized carbons (Fsp3) is 0.455. The standard InChI is InChI=1S/C11H13F2N/c12-11(13)10-4-2-1-3-9(10)8-5-6-14-7-8/h1-4,8,11,14H,5-7H2/t8-/m0/s1. The van der Waals surface area contributed by atoms with E-state index in [2.05, 4.69) is 5.32 Å². The molecule has 1 heterocycles. The Kier molecular flexibility index (Phi) is 2.77. The Labute approximate surface area is 82.1 Å². The first-order valence-corrected chi connectivity index (χ1v) is 4.86. The summed E-state index contributed by atoms with van der Waals surface area (Å²) in [5, 5.41) is 3.19. The molecule has 0 spiro atoms. The summed E-state index contributed by atoms with van der Waals surface area (Å²) in [7, 11) is 0. The predicted molar refractivity (Wildman–Crippen MR) is 51.6 cm³/mol. The monoisotopic (exact) mass is 197 g/mol. The van der Waals surface area contributed by atoms with Crippen LogP contribution < -0.4 is 5.32 Å². The molecule has 1 atom stereocenters. The molecule has 0 unspecified atom stereocenters. The Balaban J connectivity index is 2.30. The number of halogens is 2. The van der Waals surface area contributed by atoms with Gasteiger partial charge in [-0.25, -0.2) is 8.78 Å². The van der Waals surface area contributed by atoms with Crippen molar-refractivity contribution < 1.29 is 8.78 Å². The number of benzene rings is 1. The lowest BCUT2D eigenvalue weighted by Crippen LogP contribution is -2.09. The van der Waals surface area contributed by atoms with Gasteiger partial charge in [-0.1, -0.05) is 24.3 Å². The molecule has 1 aliphatic rings. The first-order chi connectivity index (χ1) is 6.79. The summed E-state index contributed by atoms with van der Waals surface area (Å²) >= 11 is 0. The van der Waals surface area contributed by atoms with Crippen LogP contribution in [0, 0.1) is 0 Å². The molecule has 1 saturated heterocycles. The second-order valence-corrected chi connectivity index (χ2v) is 3.62. The van der Waals surface area contributed by atoms with Crippen molar-refractivity contribution in [2.24, 2.45) is 0 Å². The van der Waals surface area contributed by atoms with Crippen LogP contribution in [0.1, 0.15) is 29.9 Å². The minimum absolute atomic E-state index is 0.196. The van der Waals surface area contributed by atoms with Crippen molar-refractivity contribution in [3.63, 3.8) is 0 Å². The van der Waals surface area contributed by atoms with Gasteiger partial charge in [-0.2, -0.15) is 0 Å². The van der Waals surface area contributed by atoms with Gasteiger partial charge in [0.25, 0.3) is 6.43 Å². The van der Waals surface area contributed by atoms with Gasteiger partial charge in [0.15, 0.2) is 0 Å². The SMILES string of the molecule is FC(F)c1ccccc1[C@H]1CCNC1. The Hall–Kier alpha value is -0.960. The van der Waals surface area contributed by atoms with Gasteiger partial charge in [-0.15, -0.1) is 0 Å². The fourth-order valence-corrected chi connectivity index (χ4v) is 2.00. The summed E-state index contributed by atoms with van der Waals surface area (Å²) in [4.78, 5) is 0. The topological polar surface area (TPSA) is 12.0 Å². The molecule has 1 aliphatic heterocycles. The van der Waals surface area contributed by atoms with E-state index in [1.807, 2.05) is 12.1 Å². The molecule has 0 radical (unpaired) electrons. The van der Waals surface area contributed by atoms with Crippen LogP contribution in [-0.2, 0) is 0 Å². The molecule has 14 heavy (non-hydrogen) atoms. The average Bonchev–Trinajstić information content (AvgIpc) is 2.70. The van der Waals surface area contributed by atoms with Crippen molar-refractivity contribution in [1.82, 2.24) is 5.32 Å². The molecule has 0 aliphatic carbocycles. The molecule has 76 valence electrons. The van der Waals surface area contributed by atoms with Crippen LogP contribution in [0.5, 0.6) is 0 Å². The van der Waals surface area contributed by atoms with Crippen molar-refractivity contribution in [2.75, 3.05) is 13.1 Å². The molecule has 0 aromatic heterocycles. The summed E-state index contributed by atoms with van der Waals surface area (Å²) < 4.78 is 25.3. The summed E-state index contributed by atoms with van der Waals surface area (Å²) in [6.07, 6.45) is -1.39. The highest BCUT2D eigenvalue weighted by atomic mass is 19.3. The molecular weight excluding hydrogens is 184 g/mol. The van der Waals surface area contributed by atoms with Crippen LogP contribution in [0.2, 0.25) is 0 Å². The van der Waals surface area contributed by atoms with Crippen LogP contribution >= 0.6 is 0 Å². The molecular formula is C11H13F2N. The van der Waals surface area contributed by atoms with Gasteiger partial charge < -0.3 is 5.32 Å². The van der Waals surface area contributed by atoms with E-state index in [1.165, 1.54) is 6.07 Å². The predicted octanol–water partition coefficient (Wildman–Crippen LogP) is 2.70. The highest BCUT2D eigenvalue weighted by Crippen LogP contribution is 2.31. The summed E-state index contributed by atoms with van der Waals surface area (Å²) in [5.41, 5.74) is 1.01. The minimum Gasteiger partial charge on any atom is -0.316 e. The number of alkyl halides is 2. The average molecular weight is 197 g/mol. The first kappa shape index (κ1) is 9.59. The van der Waals surface area contributed by atoms with Gasteiger partial charge >= 0.3 is 0 Å². The minimum atomic E-state index is -2.35. The fourth-order valence-electron chi connectivity index (χ4n) is 2.00. The van der Waals surface area contributed by atoms with E-state index in [-0.39, 0.29) is 11.5 Å². The Morgan fingerprint density at radius 3 is 2.71 bits per heavy atom. The second kappa shape index (κ2) is 4.05. The van der Waals surface area contributed by atoms with Gasteiger partial charge in [0, 0.05) is 12.1 Å². The van der Waals surface area contributed by atoms with Crippen molar-refractivity contribution in [1.29, 1.82) is 0 Å². The van der Waals surface area contributed by atoms with Crippen LogP contribution in [0.4, 0.5) is 8.78 Å². The number of nitrogens with one attached hydrogen (secondary N) is 1. The molecule has 1 aromatic rings. The molecule has 3 heteroatoms. The molecule has 0 saturated carbocycles. The third-order valence-corrected chi connectivity index (χ3v) is 2.73. The van der Waals surface area contributed by atoms with E-state index in [0.29, 0.717) is 0 Å². The molecule has 1 nitrogen and oxygen atoms in total. The van der Waals surface area contributed by atoms with Gasteiger partial charge in [-0.3, -0.25) is 0 Å². The molecule has 0 amide bonds. The zero-order valence-corrected chi connectivity index (χ0v) is 7.84. The van der Waals surface area contributed by atoms with Crippen molar-refractivity contribution in [2.45, 2.75) is 18.8 Å². The van der Waals surface area contributed by atoms with E-state index in [4.69, 9.17) is 0 Å². The van der Waals surface area contributed by atoms with E-state index in [0.717, 1.165) is 25.1 Å². The van der Waals surface area contributed by atoms with Crippen LogP contribution in [0.25, 0.3) is 0 Å². The summed E-state index contributed by atoms with van der Waals surface area (Å²) in [5.74, 6) is 0.264. The van der Waals surface area contributed by atoms with E-state index < -0.39 is 6.43 Å². The van der Waals surface area contributed by atoms with Gasteiger partial charge in [-0.05, 0) is 24.4 Å². The molecule has 0 bridgehead atoms. The zero-order valence-electron chi connectivity index (χ0n) is 7.84. The smallest absolute Gasteiger partial charge is 0.264 e. The maximum absolute atomic E-state index is 12.7. The Morgan fingerprint density at radius 1 is 1.29 bits per heavy atom. The Bertz CT molecular complexity index is 306. The maximum atomic E-state index is 12.7.